The molecule has 0 N–H and O–H groups in total. The van der Waals surface area contributed by atoms with Crippen LogP contribution in [0.2, 0.25) is 0 Å². The van der Waals surface area contributed by atoms with E-state index in [1.165, 1.54) is 18.7 Å². The van der Waals surface area contributed by atoms with Gasteiger partial charge in [-0.15, -0.1) is 9.24 Å². The van der Waals surface area contributed by atoms with Gasteiger partial charge in [0.25, 0.3) is 0 Å². The van der Waals surface area contributed by atoms with Crippen molar-refractivity contribution >= 4 is 21.3 Å². The molecular formula is C16H27O3P. The van der Waals surface area contributed by atoms with Crippen LogP contribution in [0.25, 0.3) is 6.08 Å². The average molecular weight is 298 g/mol. The van der Waals surface area contributed by atoms with Crippen molar-refractivity contribution in [1.82, 2.24) is 0 Å². The van der Waals surface area contributed by atoms with E-state index in [0.29, 0.717) is 0 Å². The van der Waals surface area contributed by atoms with Gasteiger partial charge in [0.15, 0.2) is 0 Å². The van der Waals surface area contributed by atoms with Gasteiger partial charge >= 0.3 is 5.97 Å². The summed E-state index contributed by atoms with van der Waals surface area (Å²) in [5.74, 6) is 0.501. The molecule has 0 saturated heterocycles. The van der Waals surface area contributed by atoms with E-state index in [1.54, 1.807) is 13.2 Å². The molecule has 0 amide bonds. The van der Waals surface area contributed by atoms with Crippen LogP contribution in [0.15, 0.2) is 24.3 Å². The van der Waals surface area contributed by atoms with Crippen molar-refractivity contribution in [2.45, 2.75) is 27.7 Å². The monoisotopic (exact) mass is 298 g/mol. The lowest BCUT2D eigenvalue weighted by Crippen LogP contribution is -1.95. The number of aryl methyl sites for hydroxylation is 1. The number of methoxy groups -OCH3 is 2. The molecule has 3 nitrogen and oxygen atoms in total. The highest BCUT2D eigenvalue weighted by molar-refractivity contribution is 7.16. The third-order valence-electron chi connectivity index (χ3n) is 2.57. The topological polar surface area (TPSA) is 35.5 Å². The van der Waals surface area contributed by atoms with E-state index >= 15 is 0 Å². The third kappa shape index (κ3) is 6.72. The van der Waals surface area contributed by atoms with Gasteiger partial charge in [0, 0.05) is 6.08 Å². The number of carbonyl (C=O) groups excluding carboxylic acids is 1. The highest BCUT2D eigenvalue weighted by Crippen LogP contribution is 2.22. The second kappa shape index (κ2) is 11.5. The van der Waals surface area contributed by atoms with E-state index < -0.39 is 0 Å². The van der Waals surface area contributed by atoms with Crippen LogP contribution in [0.3, 0.4) is 0 Å². The lowest BCUT2D eigenvalue weighted by Gasteiger charge is -2.08. The van der Waals surface area contributed by atoms with E-state index in [0.717, 1.165) is 30.3 Å². The number of hydrogen-bond acceptors (Lipinski definition) is 3. The fourth-order valence-corrected chi connectivity index (χ4v) is 1.80. The lowest BCUT2D eigenvalue weighted by atomic mass is 10.1. The highest BCUT2D eigenvalue weighted by Gasteiger charge is 2.03. The number of carbonyl (C=O) groups is 1. The summed E-state index contributed by atoms with van der Waals surface area (Å²) in [6.07, 6.45) is 6.30. The zero-order valence-corrected chi connectivity index (χ0v) is 12.0. The fraction of sp³-hybridized carbons (Fsp3) is 0.438. The van der Waals surface area contributed by atoms with Gasteiger partial charge in [0.05, 0.1) is 14.2 Å². The van der Waals surface area contributed by atoms with Crippen LogP contribution in [0.5, 0.6) is 5.75 Å². The van der Waals surface area contributed by atoms with Crippen molar-refractivity contribution in [3.63, 3.8) is 0 Å². The summed E-state index contributed by atoms with van der Waals surface area (Å²) >= 11 is 0. The maximum absolute atomic E-state index is 11.0. The van der Waals surface area contributed by atoms with Crippen LogP contribution in [-0.4, -0.2) is 26.4 Å². The van der Waals surface area contributed by atoms with Crippen molar-refractivity contribution in [1.29, 1.82) is 0 Å². The molecule has 0 aliphatic carbocycles. The molecule has 0 aromatic heterocycles. The zero-order chi connectivity index (χ0) is 13.4. The summed E-state index contributed by atoms with van der Waals surface area (Å²) < 4.78 is 9.91. The summed E-state index contributed by atoms with van der Waals surface area (Å²) in [6.45, 7) is 0. The zero-order valence-electron chi connectivity index (χ0n) is 10.8. The van der Waals surface area contributed by atoms with Crippen LogP contribution in [0, 0.1) is 0 Å². The standard InChI is InChI=1S/C14H19O3P.2CH4/c1-16-13-10-11(6-8-14(15)17-2)5-7-12(13)4-3-9-18;;/h5-8,10H,3-4,9,18H2,1-2H3;2*1H4/b8-6+;;. The molecule has 1 rings (SSSR count). The Kier molecular flexibility index (Phi) is 12.0. The molecular weight excluding hydrogens is 271 g/mol. The Hall–Kier alpha value is -1.34. The smallest absolute Gasteiger partial charge is 0.330 e. The van der Waals surface area contributed by atoms with Crippen LogP contribution in [0.4, 0.5) is 0 Å². The number of esters is 1. The summed E-state index contributed by atoms with van der Waals surface area (Å²) in [7, 11) is 5.74. The van der Waals surface area contributed by atoms with Gasteiger partial charge in [0.2, 0.25) is 0 Å². The minimum Gasteiger partial charge on any atom is -0.496 e. The quantitative estimate of drug-likeness (QED) is 0.453. The van der Waals surface area contributed by atoms with Crippen molar-refractivity contribution < 1.29 is 14.3 Å². The molecule has 0 spiro atoms. The van der Waals surface area contributed by atoms with E-state index in [1.807, 2.05) is 18.2 Å². The third-order valence-corrected chi connectivity index (χ3v) is 2.98. The van der Waals surface area contributed by atoms with E-state index in [9.17, 15) is 4.79 Å². The molecule has 4 heteroatoms. The fourth-order valence-electron chi connectivity index (χ4n) is 1.60. The highest BCUT2D eigenvalue weighted by atomic mass is 31.0. The molecule has 114 valence electrons. The van der Waals surface area contributed by atoms with E-state index in [-0.39, 0.29) is 20.8 Å². The normalized spacial score (nSPS) is 9.55. The number of hydrogen-bond donors (Lipinski definition) is 0. The van der Waals surface area contributed by atoms with Crippen LogP contribution >= 0.6 is 9.24 Å². The maximum atomic E-state index is 11.0. The average Bonchev–Trinajstić information content (AvgIpc) is 2.42. The minimum atomic E-state index is -0.360. The predicted octanol–water partition coefficient (Wildman–Crippen LogP) is 3.96. The molecule has 1 aromatic carbocycles. The molecule has 0 heterocycles. The first-order chi connectivity index (χ1) is 8.71. The Labute approximate surface area is 125 Å². The van der Waals surface area contributed by atoms with Crippen LogP contribution in [-0.2, 0) is 16.0 Å². The SMILES string of the molecule is C.C.COC(=O)/C=C/c1ccc(CCCP)c(OC)c1. The molecule has 0 saturated carbocycles. The minimum absolute atomic E-state index is 0. The predicted molar refractivity (Wildman–Crippen MR) is 90.4 cm³/mol. The van der Waals surface area contributed by atoms with Gasteiger partial charge in [-0.05, 0) is 42.3 Å². The number of ether oxygens (including phenoxy) is 2. The van der Waals surface area contributed by atoms with E-state index in [2.05, 4.69) is 14.0 Å². The Balaban J connectivity index is 0. The van der Waals surface area contributed by atoms with Crippen molar-refractivity contribution in [3.8, 4) is 5.75 Å². The van der Waals surface area contributed by atoms with Crippen LogP contribution < -0.4 is 4.74 Å². The first kappa shape index (κ1) is 21.0. The van der Waals surface area contributed by atoms with Gasteiger partial charge in [0.1, 0.15) is 5.75 Å². The van der Waals surface area contributed by atoms with Crippen molar-refractivity contribution in [3.05, 3.63) is 35.4 Å². The molecule has 0 fully saturated rings. The second-order valence-corrected chi connectivity index (χ2v) is 4.40. The Bertz CT molecular complexity index is 428. The lowest BCUT2D eigenvalue weighted by molar-refractivity contribution is -0.134. The van der Waals surface area contributed by atoms with Gasteiger partial charge in [-0.1, -0.05) is 27.0 Å². The molecule has 1 unspecified atom stereocenters. The van der Waals surface area contributed by atoms with Gasteiger partial charge in [-0.2, -0.15) is 0 Å². The first-order valence-electron chi connectivity index (χ1n) is 5.84. The van der Waals surface area contributed by atoms with Gasteiger partial charge in [-0.3, -0.25) is 0 Å². The molecule has 0 aliphatic heterocycles. The second-order valence-electron chi connectivity index (χ2n) is 3.82. The maximum Gasteiger partial charge on any atom is 0.330 e. The summed E-state index contributed by atoms with van der Waals surface area (Å²) in [5.41, 5.74) is 2.11. The Morgan fingerprint density at radius 2 is 2.00 bits per heavy atom. The van der Waals surface area contributed by atoms with Crippen molar-refractivity contribution in [2.75, 3.05) is 20.4 Å². The summed E-state index contributed by atoms with van der Waals surface area (Å²) in [4.78, 5) is 11.0. The first-order valence-corrected chi connectivity index (χ1v) is 6.66. The molecule has 20 heavy (non-hydrogen) atoms. The Morgan fingerprint density at radius 1 is 1.30 bits per heavy atom. The van der Waals surface area contributed by atoms with E-state index in [4.69, 9.17) is 4.74 Å². The summed E-state index contributed by atoms with van der Waals surface area (Å²) in [6, 6.07) is 5.94. The number of benzene rings is 1. The molecule has 0 radical (unpaired) electrons. The molecule has 1 atom stereocenters. The van der Waals surface area contributed by atoms with Crippen LogP contribution in [0.1, 0.15) is 32.4 Å². The number of rotatable bonds is 6. The summed E-state index contributed by atoms with van der Waals surface area (Å²) in [5, 5.41) is 0. The molecule has 0 bridgehead atoms. The Morgan fingerprint density at radius 3 is 2.55 bits per heavy atom. The largest absolute Gasteiger partial charge is 0.496 e. The van der Waals surface area contributed by atoms with Gasteiger partial charge < -0.3 is 9.47 Å². The molecule has 0 aliphatic rings. The van der Waals surface area contributed by atoms with Crippen molar-refractivity contribution in [2.24, 2.45) is 0 Å². The van der Waals surface area contributed by atoms with Gasteiger partial charge in [-0.25, -0.2) is 4.79 Å². The molecule has 1 aromatic rings.